The summed E-state index contributed by atoms with van der Waals surface area (Å²) in [6.45, 7) is 4.41. The Kier molecular flexibility index (Phi) is 8.25. The van der Waals surface area contributed by atoms with Gasteiger partial charge in [0.1, 0.15) is 0 Å². The fourth-order valence-electron chi connectivity index (χ4n) is 4.74. The molecule has 6 nitrogen and oxygen atoms in total. The zero-order chi connectivity index (χ0) is 22.9. The number of hydrogen-bond donors (Lipinski definition) is 1. The fourth-order valence-corrected chi connectivity index (χ4v) is 4.74. The Morgan fingerprint density at radius 2 is 1.82 bits per heavy atom. The van der Waals surface area contributed by atoms with E-state index >= 15 is 0 Å². The third-order valence-corrected chi connectivity index (χ3v) is 6.67. The second-order valence-corrected chi connectivity index (χ2v) is 8.99. The van der Waals surface area contributed by atoms with Crippen molar-refractivity contribution in [1.29, 1.82) is 0 Å². The van der Waals surface area contributed by atoms with Crippen molar-refractivity contribution in [2.24, 2.45) is 5.92 Å². The van der Waals surface area contributed by atoms with Crippen molar-refractivity contribution in [1.82, 2.24) is 20.1 Å². The highest BCUT2D eigenvalue weighted by atomic mass is 16.2. The van der Waals surface area contributed by atoms with E-state index in [1.807, 2.05) is 23.1 Å². The Balaban J connectivity index is 1.36. The van der Waals surface area contributed by atoms with Gasteiger partial charge in [0.25, 0.3) is 0 Å². The molecule has 4 rings (SSSR count). The summed E-state index contributed by atoms with van der Waals surface area (Å²) in [6.07, 6.45) is 9.70. The fraction of sp³-hybridized carbons (Fsp3) is 0.444. The molecule has 2 aliphatic heterocycles. The average molecular weight is 447 g/mol. The average Bonchev–Trinajstić information content (AvgIpc) is 2.90. The first-order valence-corrected chi connectivity index (χ1v) is 12.1. The summed E-state index contributed by atoms with van der Waals surface area (Å²) in [5.74, 6) is 0.252. The number of amides is 2. The molecule has 0 bridgehead atoms. The molecule has 1 unspecified atom stereocenters. The molecule has 2 aliphatic rings. The highest BCUT2D eigenvalue weighted by Gasteiger charge is 2.26. The smallest absolute Gasteiger partial charge is 0.226 e. The van der Waals surface area contributed by atoms with Crippen molar-refractivity contribution in [3.05, 3.63) is 72.1 Å². The molecule has 1 aromatic heterocycles. The van der Waals surface area contributed by atoms with Gasteiger partial charge in [0, 0.05) is 57.5 Å². The van der Waals surface area contributed by atoms with E-state index in [1.54, 1.807) is 12.4 Å². The molecule has 1 aromatic carbocycles. The number of nitrogens with one attached hydrogen (secondary N) is 1. The van der Waals surface area contributed by atoms with Crippen LogP contribution in [0.5, 0.6) is 0 Å². The molecule has 1 atom stereocenters. The molecule has 1 N–H and O–H groups in total. The first-order chi connectivity index (χ1) is 16.2. The second-order valence-electron chi connectivity index (χ2n) is 8.99. The molecule has 174 valence electrons. The maximum absolute atomic E-state index is 13.4. The zero-order valence-corrected chi connectivity index (χ0v) is 19.3. The van der Waals surface area contributed by atoms with Crippen LogP contribution < -0.4 is 5.32 Å². The van der Waals surface area contributed by atoms with E-state index in [1.165, 1.54) is 16.7 Å². The summed E-state index contributed by atoms with van der Waals surface area (Å²) < 4.78 is 0. The lowest BCUT2D eigenvalue weighted by atomic mass is 9.95. The topological polar surface area (TPSA) is 65.5 Å². The highest BCUT2D eigenvalue weighted by molar-refractivity contribution is 5.81. The van der Waals surface area contributed by atoms with Gasteiger partial charge in [-0.05, 0) is 61.1 Å². The molecule has 33 heavy (non-hydrogen) atoms. The Morgan fingerprint density at radius 3 is 2.58 bits per heavy atom. The van der Waals surface area contributed by atoms with E-state index in [0.717, 1.165) is 45.4 Å². The molecule has 1 saturated heterocycles. The summed E-state index contributed by atoms with van der Waals surface area (Å²) in [5.41, 5.74) is 3.76. The molecular formula is C27H34N4O2. The number of hydrogen-bond acceptors (Lipinski definition) is 4. The van der Waals surface area contributed by atoms with Gasteiger partial charge in [-0.15, -0.1) is 0 Å². The maximum Gasteiger partial charge on any atom is 0.226 e. The molecule has 2 amide bonds. The number of carbonyl (C=O) groups excluding carboxylic acids is 2. The third-order valence-electron chi connectivity index (χ3n) is 6.67. The van der Waals surface area contributed by atoms with Gasteiger partial charge in [-0.2, -0.15) is 0 Å². The lowest BCUT2D eigenvalue weighted by Crippen LogP contribution is -2.40. The molecule has 0 saturated carbocycles. The van der Waals surface area contributed by atoms with Crippen LogP contribution in [0.1, 0.15) is 43.2 Å². The SMILES string of the molecule is O=C1CCN(Cc2ccncc2)CCCC(C(=O)N2CC=C(c3ccccc3)CC2)CCN1. The monoisotopic (exact) mass is 446 g/mol. The van der Waals surface area contributed by atoms with E-state index < -0.39 is 0 Å². The number of rotatable bonds is 4. The van der Waals surface area contributed by atoms with Crippen molar-refractivity contribution < 1.29 is 9.59 Å². The van der Waals surface area contributed by atoms with Crippen LogP contribution in [0.4, 0.5) is 0 Å². The lowest BCUT2D eigenvalue weighted by Gasteiger charge is -2.30. The van der Waals surface area contributed by atoms with Crippen molar-refractivity contribution >= 4 is 17.4 Å². The summed E-state index contributed by atoms with van der Waals surface area (Å²) in [6, 6.07) is 14.4. The highest BCUT2D eigenvalue weighted by Crippen LogP contribution is 2.24. The van der Waals surface area contributed by atoms with E-state index in [-0.39, 0.29) is 17.7 Å². The van der Waals surface area contributed by atoms with E-state index in [4.69, 9.17) is 0 Å². The van der Waals surface area contributed by atoms with Crippen LogP contribution in [-0.4, -0.2) is 59.3 Å². The summed E-state index contributed by atoms with van der Waals surface area (Å²) in [5, 5.41) is 3.02. The number of nitrogens with zero attached hydrogens (tertiary/aromatic N) is 3. The van der Waals surface area contributed by atoms with Gasteiger partial charge in [0.15, 0.2) is 0 Å². The molecule has 2 aromatic rings. The van der Waals surface area contributed by atoms with Crippen molar-refractivity contribution in [3.8, 4) is 0 Å². The number of benzene rings is 1. The van der Waals surface area contributed by atoms with Crippen LogP contribution >= 0.6 is 0 Å². The second kappa shape index (κ2) is 11.8. The van der Waals surface area contributed by atoms with Crippen LogP contribution in [0.2, 0.25) is 0 Å². The minimum absolute atomic E-state index is 0.0437. The normalized spacial score (nSPS) is 21.0. The summed E-state index contributed by atoms with van der Waals surface area (Å²) in [7, 11) is 0. The van der Waals surface area contributed by atoms with Crippen LogP contribution in [0.15, 0.2) is 60.9 Å². The van der Waals surface area contributed by atoms with Crippen LogP contribution in [0.3, 0.4) is 0 Å². The Morgan fingerprint density at radius 1 is 1.00 bits per heavy atom. The van der Waals surface area contributed by atoms with Gasteiger partial charge in [-0.1, -0.05) is 36.4 Å². The Labute approximate surface area is 196 Å². The minimum atomic E-state index is -0.0437. The standard InChI is InChI=1S/C27H34N4O2/c32-26-13-18-30(21-22-8-14-28-15-9-22)17-4-7-25(10-16-29-26)27(33)31-19-11-24(12-20-31)23-5-2-1-3-6-23/h1-3,5-6,8-9,11,14-15,25H,4,7,10,12-13,16-21H2,(H,29,32). The van der Waals surface area contributed by atoms with Gasteiger partial charge >= 0.3 is 0 Å². The number of aromatic nitrogens is 1. The van der Waals surface area contributed by atoms with Crippen molar-refractivity contribution in [2.45, 2.75) is 38.6 Å². The quantitative estimate of drug-likeness (QED) is 0.781. The van der Waals surface area contributed by atoms with Gasteiger partial charge in [0.2, 0.25) is 11.8 Å². The molecule has 3 heterocycles. The number of pyridine rings is 1. The van der Waals surface area contributed by atoms with Crippen molar-refractivity contribution in [3.63, 3.8) is 0 Å². The molecule has 6 heteroatoms. The molecule has 0 aliphatic carbocycles. The van der Waals surface area contributed by atoms with Crippen molar-refractivity contribution in [2.75, 3.05) is 32.7 Å². The third kappa shape index (κ3) is 6.75. The van der Waals surface area contributed by atoms with Gasteiger partial charge in [0.05, 0.1) is 0 Å². The molecule has 0 radical (unpaired) electrons. The van der Waals surface area contributed by atoms with Crippen LogP contribution in [0, 0.1) is 5.92 Å². The predicted octanol–water partition coefficient (Wildman–Crippen LogP) is 3.51. The lowest BCUT2D eigenvalue weighted by molar-refractivity contribution is -0.135. The largest absolute Gasteiger partial charge is 0.356 e. The van der Waals surface area contributed by atoms with Crippen LogP contribution in [-0.2, 0) is 16.1 Å². The van der Waals surface area contributed by atoms with E-state index in [2.05, 4.69) is 45.5 Å². The van der Waals surface area contributed by atoms with Crippen LogP contribution in [0.25, 0.3) is 5.57 Å². The first-order valence-electron chi connectivity index (χ1n) is 12.1. The summed E-state index contributed by atoms with van der Waals surface area (Å²) >= 11 is 0. The Hall–Kier alpha value is -2.99. The van der Waals surface area contributed by atoms with E-state index in [0.29, 0.717) is 25.9 Å². The minimum Gasteiger partial charge on any atom is -0.356 e. The maximum atomic E-state index is 13.4. The predicted molar refractivity (Wildman–Crippen MR) is 130 cm³/mol. The van der Waals surface area contributed by atoms with Gasteiger partial charge in [-0.25, -0.2) is 0 Å². The van der Waals surface area contributed by atoms with Gasteiger partial charge in [-0.3, -0.25) is 19.5 Å². The Bertz CT molecular complexity index is 945. The molecule has 1 fully saturated rings. The van der Waals surface area contributed by atoms with E-state index in [9.17, 15) is 9.59 Å². The zero-order valence-electron chi connectivity index (χ0n) is 19.3. The summed E-state index contributed by atoms with van der Waals surface area (Å²) in [4.78, 5) is 34.1. The number of carbonyl (C=O) groups is 2. The van der Waals surface area contributed by atoms with Gasteiger partial charge < -0.3 is 10.2 Å². The first kappa shape index (κ1) is 23.2. The molecular weight excluding hydrogens is 412 g/mol. The molecule has 0 spiro atoms.